The molecule has 1 heterocycles. The van der Waals surface area contributed by atoms with Crippen LogP contribution in [0.25, 0.3) is 0 Å². The maximum Gasteiger partial charge on any atom is 0.117 e. The second kappa shape index (κ2) is 2.58. The molecule has 2 nitrogen and oxygen atoms in total. The summed E-state index contributed by atoms with van der Waals surface area (Å²) in [5.41, 5.74) is 0. The van der Waals surface area contributed by atoms with E-state index in [0.717, 1.165) is 5.76 Å². The number of hydrogen-bond donors (Lipinski definition) is 1. The smallest absolute Gasteiger partial charge is 0.117 e. The summed E-state index contributed by atoms with van der Waals surface area (Å²) < 4.78 is 5.05. The maximum absolute atomic E-state index is 5.05. The molecule has 0 aromatic rings. The third-order valence-corrected chi connectivity index (χ3v) is 1.37. The van der Waals surface area contributed by atoms with E-state index in [1.165, 1.54) is 0 Å². The number of methoxy groups -OCH3 is 1. The molecule has 0 aromatic heterocycles. The van der Waals surface area contributed by atoms with Crippen LogP contribution in [0.2, 0.25) is 0 Å². The van der Waals surface area contributed by atoms with E-state index >= 15 is 0 Å². The van der Waals surface area contributed by atoms with Crippen molar-refractivity contribution in [2.75, 3.05) is 7.11 Å². The van der Waals surface area contributed by atoms with Crippen molar-refractivity contribution in [1.82, 2.24) is 5.32 Å². The summed E-state index contributed by atoms with van der Waals surface area (Å²) in [5, 5.41) is 3.11. The highest BCUT2D eigenvalue weighted by molar-refractivity contribution is 5.16. The van der Waals surface area contributed by atoms with Gasteiger partial charge < -0.3 is 10.1 Å². The van der Waals surface area contributed by atoms with E-state index in [9.17, 15) is 0 Å². The van der Waals surface area contributed by atoms with E-state index in [2.05, 4.69) is 12.2 Å². The monoisotopic (exact) mass is 125 g/mol. The zero-order chi connectivity index (χ0) is 6.69. The fourth-order valence-corrected chi connectivity index (χ4v) is 0.814. The van der Waals surface area contributed by atoms with Gasteiger partial charge in [0, 0.05) is 0 Å². The van der Waals surface area contributed by atoms with Crippen LogP contribution in [0.4, 0.5) is 0 Å². The molecular formula is C7H11NO. The molecule has 0 aliphatic carbocycles. The quantitative estimate of drug-likeness (QED) is 0.565. The minimum Gasteiger partial charge on any atom is -0.499 e. The van der Waals surface area contributed by atoms with E-state index in [4.69, 9.17) is 4.74 Å². The molecule has 0 radical (unpaired) electrons. The van der Waals surface area contributed by atoms with Gasteiger partial charge >= 0.3 is 0 Å². The van der Waals surface area contributed by atoms with Gasteiger partial charge in [-0.15, -0.1) is 0 Å². The molecule has 0 aromatic carbocycles. The van der Waals surface area contributed by atoms with E-state index in [1.807, 2.05) is 18.4 Å². The molecule has 1 N–H and O–H groups in total. The zero-order valence-electron chi connectivity index (χ0n) is 5.72. The van der Waals surface area contributed by atoms with Crippen LogP contribution in [-0.4, -0.2) is 13.2 Å². The Morgan fingerprint density at radius 3 is 2.89 bits per heavy atom. The van der Waals surface area contributed by atoms with Crippen molar-refractivity contribution < 1.29 is 4.74 Å². The van der Waals surface area contributed by atoms with Gasteiger partial charge in [-0.3, -0.25) is 0 Å². The van der Waals surface area contributed by atoms with E-state index in [0.29, 0.717) is 6.04 Å². The molecule has 0 saturated carbocycles. The van der Waals surface area contributed by atoms with Crippen LogP contribution in [0, 0.1) is 0 Å². The van der Waals surface area contributed by atoms with Gasteiger partial charge in [0.05, 0.1) is 13.2 Å². The van der Waals surface area contributed by atoms with E-state index < -0.39 is 0 Å². The van der Waals surface area contributed by atoms with Crippen molar-refractivity contribution in [3.63, 3.8) is 0 Å². The van der Waals surface area contributed by atoms with Gasteiger partial charge in [0.2, 0.25) is 0 Å². The number of ether oxygens (including phenoxy) is 1. The Balaban J connectivity index is 2.63. The average Bonchev–Trinajstić information content (AvgIpc) is 1.89. The summed E-state index contributed by atoms with van der Waals surface area (Å²) in [6.07, 6.45) is 5.80. The fourth-order valence-electron chi connectivity index (χ4n) is 0.814. The highest BCUT2D eigenvalue weighted by Crippen LogP contribution is 2.05. The molecule has 1 rings (SSSR count). The minimum absolute atomic E-state index is 0.319. The minimum atomic E-state index is 0.319. The molecule has 2 heteroatoms. The lowest BCUT2D eigenvalue weighted by Gasteiger charge is -2.17. The van der Waals surface area contributed by atoms with Gasteiger partial charge in [-0.1, -0.05) is 0 Å². The van der Waals surface area contributed by atoms with Crippen LogP contribution >= 0.6 is 0 Å². The largest absolute Gasteiger partial charge is 0.499 e. The highest BCUT2D eigenvalue weighted by atomic mass is 16.5. The molecule has 0 saturated heterocycles. The number of hydrogen-bond acceptors (Lipinski definition) is 2. The Morgan fingerprint density at radius 2 is 2.44 bits per heavy atom. The third kappa shape index (κ3) is 1.25. The Morgan fingerprint density at radius 1 is 1.67 bits per heavy atom. The summed E-state index contributed by atoms with van der Waals surface area (Å²) in [6.45, 7) is 2.05. The molecule has 50 valence electrons. The Bertz CT molecular complexity index is 149. The molecule has 0 fully saturated rings. The zero-order valence-corrected chi connectivity index (χ0v) is 5.72. The first-order valence-corrected chi connectivity index (χ1v) is 3.01. The molecule has 1 atom stereocenters. The maximum atomic E-state index is 5.05. The summed E-state index contributed by atoms with van der Waals surface area (Å²) in [7, 11) is 1.68. The lowest BCUT2D eigenvalue weighted by atomic mass is 10.2. The van der Waals surface area contributed by atoms with Crippen molar-refractivity contribution >= 4 is 0 Å². The van der Waals surface area contributed by atoms with Gasteiger partial charge in [0.1, 0.15) is 5.76 Å². The molecular weight excluding hydrogens is 114 g/mol. The van der Waals surface area contributed by atoms with Crippen LogP contribution in [0.1, 0.15) is 6.92 Å². The Hall–Kier alpha value is -0.920. The van der Waals surface area contributed by atoms with E-state index in [-0.39, 0.29) is 0 Å². The normalized spacial score (nSPS) is 24.7. The molecule has 1 aliphatic heterocycles. The average molecular weight is 125 g/mol. The fraction of sp³-hybridized carbons (Fsp3) is 0.429. The number of nitrogens with one attached hydrogen (secondary N) is 1. The SMILES string of the molecule is COC1=CC=CNC1C. The predicted molar refractivity (Wildman–Crippen MR) is 36.8 cm³/mol. The first-order valence-electron chi connectivity index (χ1n) is 3.01. The van der Waals surface area contributed by atoms with Crippen LogP contribution in [0.3, 0.4) is 0 Å². The molecule has 0 amide bonds. The molecule has 0 bridgehead atoms. The van der Waals surface area contributed by atoms with E-state index in [1.54, 1.807) is 7.11 Å². The number of dihydropyridines is 1. The first kappa shape index (κ1) is 6.20. The van der Waals surface area contributed by atoms with Crippen molar-refractivity contribution in [3.8, 4) is 0 Å². The molecule has 9 heavy (non-hydrogen) atoms. The Kier molecular flexibility index (Phi) is 1.78. The van der Waals surface area contributed by atoms with Gasteiger partial charge in [0.15, 0.2) is 0 Å². The van der Waals surface area contributed by atoms with Gasteiger partial charge in [0.25, 0.3) is 0 Å². The summed E-state index contributed by atoms with van der Waals surface area (Å²) in [6, 6.07) is 0.319. The van der Waals surface area contributed by atoms with Gasteiger partial charge in [-0.2, -0.15) is 0 Å². The summed E-state index contributed by atoms with van der Waals surface area (Å²) in [5.74, 6) is 0.984. The first-order chi connectivity index (χ1) is 4.34. The number of rotatable bonds is 1. The molecule has 1 unspecified atom stereocenters. The summed E-state index contributed by atoms with van der Waals surface area (Å²) in [4.78, 5) is 0. The van der Waals surface area contributed by atoms with Crippen LogP contribution < -0.4 is 5.32 Å². The standard InChI is InChI=1S/C7H11NO/c1-6-7(9-2)4-3-5-8-6/h3-6,8H,1-2H3. The molecule has 0 spiro atoms. The lowest BCUT2D eigenvalue weighted by molar-refractivity contribution is 0.259. The third-order valence-electron chi connectivity index (χ3n) is 1.37. The Labute approximate surface area is 55.2 Å². The second-order valence-corrected chi connectivity index (χ2v) is 2.02. The van der Waals surface area contributed by atoms with Crippen molar-refractivity contribution in [2.24, 2.45) is 0 Å². The highest BCUT2D eigenvalue weighted by Gasteiger charge is 2.06. The second-order valence-electron chi connectivity index (χ2n) is 2.02. The summed E-state index contributed by atoms with van der Waals surface area (Å²) >= 11 is 0. The van der Waals surface area contributed by atoms with Crippen LogP contribution in [0.5, 0.6) is 0 Å². The van der Waals surface area contributed by atoms with Crippen LogP contribution in [0.15, 0.2) is 24.1 Å². The van der Waals surface area contributed by atoms with Gasteiger partial charge in [-0.25, -0.2) is 0 Å². The van der Waals surface area contributed by atoms with Gasteiger partial charge in [-0.05, 0) is 25.3 Å². The lowest BCUT2D eigenvalue weighted by Crippen LogP contribution is -2.25. The topological polar surface area (TPSA) is 21.3 Å². The van der Waals surface area contributed by atoms with Crippen LogP contribution in [-0.2, 0) is 4.74 Å². The predicted octanol–water partition coefficient (Wildman–Crippen LogP) is 1.02. The van der Waals surface area contributed by atoms with Crippen molar-refractivity contribution in [2.45, 2.75) is 13.0 Å². The van der Waals surface area contributed by atoms with Crippen molar-refractivity contribution in [3.05, 3.63) is 24.1 Å². The number of allylic oxidation sites excluding steroid dienone is 2. The molecule has 1 aliphatic rings. The van der Waals surface area contributed by atoms with Crippen molar-refractivity contribution in [1.29, 1.82) is 0 Å².